The van der Waals surface area contributed by atoms with Gasteiger partial charge in [0.25, 0.3) is 0 Å². The number of hydrogen-bond acceptors (Lipinski definition) is 1. The lowest BCUT2D eigenvalue weighted by atomic mass is 10.3. The summed E-state index contributed by atoms with van der Waals surface area (Å²) in [5.74, 6) is 0. The average molecular weight is 207 g/mol. The molecule has 0 aromatic heterocycles. The molecule has 1 aromatic rings. The second kappa shape index (κ2) is 6.66. The van der Waals surface area contributed by atoms with Crippen molar-refractivity contribution in [1.29, 1.82) is 0 Å². The van der Waals surface area contributed by atoms with E-state index in [1.54, 1.807) is 24.9 Å². The quantitative estimate of drug-likeness (QED) is 0.513. The summed E-state index contributed by atoms with van der Waals surface area (Å²) in [4.78, 5) is 0. The first kappa shape index (κ1) is 11.3. The fraction of sp³-hybridized carbons (Fsp3) is 0.500. The number of rotatable bonds is 0. The standard InChI is InChI=1S/C6H7N.C6H14Si/c7-6-4-2-1-3-5-6;1-7-5-3-2-4-6-7/h1-5H,7H2;7H,2-6H2,1H3. The average Bonchev–Trinajstić information content (AvgIpc) is 2.21. The molecule has 0 bridgehead atoms. The molecule has 1 nitrogen and oxygen atoms in total. The zero-order valence-corrected chi connectivity index (χ0v) is 10.2. The Balaban J connectivity index is 0.000000140. The molecule has 0 spiro atoms. The van der Waals surface area contributed by atoms with E-state index in [9.17, 15) is 0 Å². The van der Waals surface area contributed by atoms with E-state index in [-0.39, 0.29) is 8.80 Å². The van der Waals surface area contributed by atoms with Crippen LogP contribution >= 0.6 is 0 Å². The Labute approximate surface area is 88.9 Å². The van der Waals surface area contributed by atoms with Crippen LogP contribution in [0.4, 0.5) is 5.69 Å². The summed E-state index contributed by atoms with van der Waals surface area (Å²) < 4.78 is 0. The van der Waals surface area contributed by atoms with Gasteiger partial charge < -0.3 is 5.73 Å². The molecule has 1 saturated heterocycles. The first-order valence-electron chi connectivity index (χ1n) is 5.59. The van der Waals surface area contributed by atoms with Crippen LogP contribution in [0.1, 0.15) is 19.3 Å². The molecule has 14 heavy (non-hydrogen) atoms. The van der Waals surface area contributed by atoms with Crippen molar-refractivity contribution < 1.29 is 0 Å². The topological polar surface area (TPSA) is 26.0 Å². The zero-order chi connectivity index (χ0) is 10.2. The number of hydrogen-bond donors (Lipinski definition) is 1. The van der Waals surface area contributed by atoms with Gasteiger partial charge in [0.15, 0.2) is 0 Å². The van der Waals surface area contributed by atoms with Gasteiger partial charge in [-0.3, -0.25) is 0 Å². The van der Waals surface area contributed by atoms with Crippen molar-refractivity contribution in [2.24, 2.45) is 0 Å². The Morgan fingerprint density at radius 1 is 1.00 bits per heavy atom. The molecule has 0 radical (unpaired) electrons. The predicted octanol–water partition coefficient (Wildman–Crippen LogP) is 3.30. The summed E-state index contributed by atoms with van der Waals surface area (Å²) in [5, 5.41) is 0. The Hall–Kier alpha value is -0.763. The molecule has 1 aliphatic heterocycles. The monoisotopic (exact) mass is 207 g/mol. The summed E-state index contributed by atoms with van der Waals surface area (Å²) in [7, 11) is -0.0945. The first-order valence-corrected chi connectivity index (χ1v) is 8.38. The molecule has 1 aromatic carbocycles. The normalized spacial score (nSPS) is 16.9. The SMILES string of the molecule is C[SiH]1CCCCC1.Nc1ccccc1. The van der Waals surface area contributed by atoms with Gasteiger partial charge in [-0.25, -0.2) is 0 Å². The maximum Gasteiger partial charge on any atom is 0.0336 e. The van der Waals surface area contributed by atoms with Gasteiger partial charge in [0, 0.05) is 14.5 Å². The molecule has 1 heterocycles. The third-order valence-electron chi connectivity index (χ3n) is 2.69. The summed E-state index contributed by atoms with van der Waals surface area (Å²) in [6, 6.07) is 12.7. The Morgan fingerprint density at radius 2 is 1.57 bits per heavy atom. The second-order valence-corrected chi connectivity index (χ2v) is 7.52. The van der Waals surface area contributed by atoms with Crippen molar-refractivity contribution in [3.63, 3.8) is 0 Å². The summed E-state index contributed by atoms with van der Waals surface area (Å²) in [5.41, 5.74) is 6.18. The third kappa shape index (κ3) is 5.07. The fourth-order valence-corrected chi connectivity index (χ4v) is 4.02. The number of nitrogen functional groups attached to an aromatic ring is 1. The molecule has 0 unspecified atom stereocenters. The van der Waals surface area contributed by atoms with Crippen LogP contribution in [0.5, 0.6) is 0 Å². The highest BCUT2D eigenvalue weighted by molar-refractivity contribution is 6.57. The Bertz CT molecular complexity index is 229. The third-order valence-corrected chi connectivity index (χ3v) is 5.48. The summed E-state index contributed by atoms with van der Waals surface area (Å²) >= 11 is 0. The molecule has 1 fully saturated rings. The van der Waals surface area contributed by atoms with E-state index in [1.807, 2.05) is 30.3 Å². The number of para-hydroxylation sites is 1. The molecule has 0 amide bonds. The van der Waals surface area contributed by atoms with Crippen molar-refractivity contribution in [3.05, 3.63) is 30.3 Å². The molecule has 0 aliphatic carbocycles. The minimum Gasteiger partial charge on any atom is -0.399 e. The minimum absolute atomic E-state index is 0.0945. The van der Waals surface area contributed by atoms with Crippen molar-refractivity contribution in [2.75, 3.05) is 5.73 Å². The lowest BCUT2D eigenvalue weighted by molar-refractivity contribution is 0.725. The molecular formula is C12H21NSi. The van der Waals surface area contributed by atoms with E-state index in [0.717, 1.165) is 5.69 Å². The minimum atomic E-state index is -0.0945. The van der Waals surface area contributed by atoms with Crippen molar-refractivity contribution >= 4 is 14.5 Å². The lowest BCUT2D eigenvalue weighted by Crippen LogP contribution is -2.09. The Morgan fingerprint density at radius 3 is 1.86 bits per heavy atom. The molecular weight excluding hydrogens is 186 g/mol. The molecule has 2 rings (SSSR count). The van der Waals surface area contributed by atoms with Crippen LogP contribution in [0.3, 0.4) is 0 Å². The van der Waals surface area contributed by atoms with Gasteiger partial charge >= 0.3 is 0 Å². The van der Waals surface area contributed by atoms with Crippen LogP contribution < -0.4 is 5.73 Å². The van der Waals surface area contributed by atoms with Crippen LogP contribution in [0.25, 0.3) is 0 Å². The second-order valence-electron chi connectivity index (χ2n) is 4.15. The van der Waals surface area contributed by atoms with Crippen LogP contribution in [-0.4, -0.2) is 8.80 Å². The largest absolute Gasteiger partial charge is 0.399 e. The molecule has 0 atom stereocenters. The molecule has 2 heteroatoms. The van der Waals surface area contributed by atoms with Gasteiger partial charge in [-0.05, 0) is 12.1 Å². The van der Waals surface area contributed by atoms with Crippen molar-refractivity contribution in [1.82, 2.24) is 0 Å². The van der Waals surface area contributed by atoms with E-state index in [2.05, 4.69) is 6.55 Å². The van der Waals surface area contributed by atoms with E-state index in [0.29, 0.717) is 0 Å². The van der Waals surface area contributed by atoms with E-state index in [4.69, 9.17) is 5.73 Å². The van der Waals surface area contributed by atoms with Crippen LogP contribution in [-0.2, 0) is 0 Å². The van der Waals surface area contributed by atoms with Gasteiger partial charge in [0.05, 0.1) is 0 Å². The van der Waals surface area contributed by atoms with E-state index < -0.39 is 0 Å². The van der Waals surface area contributed by atoms with E-state index in [1.165, 1.54) is 6.42 Å². The molecule has 0 saturated carbocycles. The first-order chi connectivity index (χ1) is 6.79. The number of benzene rings is 1. The van der Waals surface area contributed by atoms with Gasteiger partial charge in [-0.2, -0.15) is 0 Å². The highest BCUT2D eigenvalue weighted by atomic mass is 28.3. The van der Waals surface area contributed by atoms with Gasteiger partial charge in [0.1, 0.15) is 0 Å². The molecule has 2 N–H and O–H groups in total. The van der Waals surface area contributed by atoms with Gasteiger partial charge in [0.2, 0.25) is 0 Å². The van der Waals surface area contributed by atoms with Gasteiger partial charge in [-0.1, -0.05) is 56.1 Å². The predicted molar refractivity (Wildman–Crippen MR) is 67.3 cm³/mol. The van der Waals surface area contributed by atoms with Gasteiger partial charge in [-0.15, -0.1) is 0 Å². The Kier molecular flexibility index (Phi) is 5.38. The smallest absolute Gasteiger partial charge is 0.0336 e. The van der Waals surface area contributed by atoms with E-state index >= 15 is 0 Å². The zero-order valence-electron chi connectivity index (χ0n) is 9.08. The van der Waals surface area contributed by atoms with Crippen LogP contribution in [0, 0.1) is 0 Å². The highest BCUT2D eigenvalue weighted by Gasteiger charge is 2.07. The van der Waals surface area contributed by atoms with Crippen LogP contribution in [0.15, 0.2) is 30.3 Å². The lowest BCUT2D eigenvalue weighted by Gasteiger charge is -2.14. The molecule has 1 aliphatic rings. The number of nitrogens with two attached hydrogens (primary N) is 1. The highest BCUT2D eigenvalue weighted by Crippen LogP contribution is 2.17. The molecule has 78 valence electrons. The summed E-state index contributed by atoms with van der Waals surface area (Å²) in [6.07, 6.45) is 4.62. The summed E-state index contributed by atoms with van der Waals surface area (Å²) in [6.45, 7) is 2.50. The number of anilines is 1. The fourth-order valence-electron chi connectivity index (χ4n) is 1.76. The maximum absolute atomic E-state index is 5.36. The van der Waals surface area contributed by atoms with Crippen molar-refractivity contribution in [3.8, 4) is 0 Å². The van der Waals surface area contributed by atoms with Crippen LogP contribution in [0.2, 0.25) is 18.6 Å². The maximum atomic E-state index is 5.36. The van der Waals surface area contributed by atoms with Crippen molar-refractivity contribution in [2.45, 2.75) is 37.9 Å².